The van der Waals surface area contributed by atoms with Crippen molar-refractivity contribution >= 4 is 5.91 Å². The molecular weight excluding hydrogens is 509 g/mol. The first kappa shape index (κ1) is 28.2. The average Bonchev–Trinajstić information content (AvgIpc) is 3.40. The first-order chi connectivity index (χ1) is 19.0. The molecule has 1 aliphatic carbocycles. The topological polar surface area (TPSA) is 101 Å². The summed E-state index contributed by atoms with van der Waals surface area (Å²) < 4.78 is 22.5. The van der Waals surface area contributed by atoms with Gasteiger partial charge >= 0.3 is 0 Å². The number of amides is 1. The quantitative estimate of drug-likeness (QED) is 0.365. The SMILES string of the molecule is CC(=O)NC(Cc1ccc(F)c(-n2ccnc2)c1)[C@H](O)CN[C@H]1CC2(CCC2)Oc2ncc(CC(C)(C)C)cc21. The molecule has 1 spiro atoms. The van der Waals surface area contributed by atoms with Gasteiger partial charge in [0.1, 0.15) is 11.4 Å². The zero-order valence-electron chi connectivity index (χ0n) is 23.8. The molecule has 1 aliphatic heterocycles. The van der Waals surface area contributed by atoms with Gasteiger partial charge < -0.3 is 25.0 Å². The average molecular weight is 550 g/mol. The number of imidazole rings is 1. The van der Waals surface area contributed by atoms with E-state index in [0.717, 1.165) is 48.8 Å². The van der Waals surface area contributed by atoms with Crippen LogP contribution in [0.3, 0.4) is 0 Å². The van der Waals surface area contributed by atoms with Crippen LogP contribution in [0.2, 0.25) is 0 Å². The molecule has 3 atom stereocenters. The van der Waals surface area contributed by atoms with Gasteiger partial charge in [0.2, 0.25) is 11.8 Å². The molecule has 214 valence electrons. The number of hydrogen-bond donors (Lipinski definition) is 3. The third kappa shape index (κ3) is 6.53. The predicted octanol–water partition coefficient (Wildman–Crippen LogP) is 4.44. The molecule has 9 heteroatoms. The van der Waals surface area contributed by atoms with E-state index >= 15 is 0 Å². The highest BCUT2D eigenvalue weighted by Crippen LogP contribution is 2.48. The Morgan fingerprint density at radius 1 is 1.27 bits per heavy atom. The van der Waals surface area contributed by atoms with Crippen LogP contribution >= 0.6 is 0 Å². The fourth-order valence-electron chi connectivity index (χ4n) is 5.84. The summed E-state index contributed by atoms with van der Waals surface area (Å²) in [5.74, 6) is 0.0665. The Hall–Kier alpha value is -3.30. The largest absolute Gasteiger partial charge is 0.471 e. The Labute approximate surface area is 235 Å². The molecule has 0 radical (unpaired) electrons. The van der Waals surface area contributed by atoms with Crippen molar-refractivity contribution < 1.29 is 19.0 Å². The highest BCUT2D eigenvalue weighted by atomic mass is 19.1. The monoisotopic (exact) mass is 549 g/mol. The van der Waals surface area contributed by atoms with Gasteiger partial charge in [-0.25, -0.2) is 14.4 Å². The number of carbonyl (C=O) groups excluding carboxylic acids is 1. The normalized spacial score (nSPS) is 19.3. The zero-order chi connectivity index (χ0) is 28.5. The second-order valence-electron chi connectivity index (χ2n) is 12.6. The van der Waals surface area contributed by atoms with E-state index in [4.69, 9.17) is 9.72 Å². The number of aliphatic hydroxyl groups excluding tert-OH is 1. The van der Waals surface area contributed by atoms with E-state index in [0.29, 0.717) is 18.0 Å². The highest BCUT2D eigenvalue weighted by Gasteiger charge is 2.46. The van der Waals surface area contributed by atoms with Crippen molar-refractivity contribution in [1.82, 2.24) is 25.2 Å². The van der Waals surface area contributed by atoms with Crippen LogP contribution in [-0.4, -0.2) is 49.8 Å². The summed E-state index contributed by atoms with van der Waals surface area (Å²) in [6.07, 6.45) is 11.0. The van der Waals surface area contributed by atoms with E-state index in [1.807, 2.05) is 6.20 Å². The molecule has 2 aromatic heterocycles. The fraction of sp³-hybridized carbons (Fsp3) is 0.516. The number of fused-ring (bicyclic) bond motifs is 1. The molecule has 1 amide bonds. The molecule has 3 N–H and O–H groups in total. The first-order valence-electron chi connectivity index (χ1n) is 14.1. The molecule has 1 fully saturated rings. The van der Waals surface area contributed by atoms with Crippen LogP contribution in [0.25, 0.3) is 5.69 Å². The maximum atomic E-state index is 14.5. The molecule has 1 unspecified atom stereocenters. The fourth-order valence-corrected chi connectivity index (χ4v) is 5.84. The molecule has 40 heavy (non-hydrogen) atoms. The van der Waals surface area contributed by atoms with Crippen molar-refractivity contribution in [2.75, 3.05) is 6.54 Å². The second-order valence-corrected chi connectivity index (χ2v) is 12.6. The molecule has 0 saturated heterocycles. The van der Waals surface area contributed by atoms with Crippen LogP contribution in [0.15, 0.2) is 49.2 Å². The standard InChI is InChI=1S/C31H40FN5O3/c1-20(38)36-25(13-21-6-7-24(32)27(14-21)37-11-10-33-19-37)28(39)18-34-26-16-31(8-5-9-31)40-29-23(26)12-22(17-35-29)15-30(2,3)4/h6-7,10-12,14,17,19,25-26,28,34,39H,5,8-9,13,15-16,18H2,1-4H3,(H,36,38)/t25?,26-,28+/m0/s1. The van der Waals surface area contributed by atoms with Gasteiger partial charge in [-0.3, -0.25) is 4.79 Å². The first-order valence-corrected chi connectivity index (χ1v) is 14.1. The van der Waals surface area contributed by atoms with Gasteiger partial charge in [-0.2, -0.15) is 0 Å². The van der Waals surface area contributed by atoms with E-state index in [1.165, 1.54) is 19.3 Å². The Morgan fingerprint density at radius 2 is 2.08 bits per heavy atom. The number of halogens is 1. The maximum Gasteiger partial charge on any atom is 0.218 e. The Morgan fingerprint density at radius 3 is 2.73 bits per heavy atom. The van der Waals surface area contributed by atoms with Crippen LogP contribution in [0.4, 0.5) is 4.39 Å². The molecule has 0 bridgehead atoms. The second kappa shape index (κ2) is 11.3. The van der Waals surface area contributed by atoms with Crippen LogP contribution in [0, 0.1) is 11.2 Å². The van der Waals surface area contributed by atoms with Crippen molar-refractivity contribution in [3.05, 3.63) is 71.7 Å². The summed E-state index contributed by atoms with van der Waals surface area (Å²) >= 11 is 0. The minimum atomic E-state index is -0.875. The molecule has 1 aromatic carbocycles. The lowest BCUT2D eigenvalue weighted by molar-refractivity contribution is -0.120. The lowest BCUT2D eigenvalue weighted by atomic mass is 9.73. The summed E-state index contributed by atoms with van der Waals surface area (Å²) in [4.78, 5) is 20.8. The number of pyridine rings is 1. The number of aromatic nitrogens is 3. The van der Waals surface area contributed by atoms with Crippen LogP contribution in [0.1, 0.15) is 76.1 Å². The lowest BCUT2D eigenvalue weighted by Crippen LogP contribution is -2.52. The van der Waals surface area contributed by atoms with Gasteiger partial charge in [-0.1, -0.05) is 26.8 Å². The molecule has 1 saturated carbocycles. The number of nitrogens with one attached hydrogen (secondary N) is 2. The Bertz CT molecular complexity index is 1330. The van der Waals surface area contributed by atoms with E-state index in [9.17, 15) is 14.3 Å². The minimum Gasteiger partial charge on any atom is -0.471 e. The van der Waals surface area contributed by atoms with Gasteiger partial charge in [-0.15, -0.1) is 0 Å². The van der Waals surface area contributed by atoms with Crippen molar-refractivity contribution in [1.29, 1.82) is 0 Å². The molecule has 3 heterocycles. The van der Waals surface area contributed by atoms with E-state index < -0.39 is 12.1 Å². The zero-order valence-corrected chi connectivity index (χ0v) is 23.8. The molecule has 2 aliphatic rings. The number of ether oxygens (including phenoxy) is 1. The third-order valence-electron chi connectivity index (χ3n) is 7.87. The van der Waals surface area contributed by atoms with Crippen LogP contribution in [0.5, 0.6) is 5.88 Å². The minimum absolute atomic E-state index is 0.0252. The van der Waals surface area contributed by atoms with Crippen LogP contribution < -0.4 is 15.4 Å². The summed E-state index contributed by atoms with van der Waals surface area (Å²) in [6.45, 7) is 8.33. The number of aliphatic hydroxyl groups is 1. The van der Waals surface area contributed by atoms with Gasteiger partial charge in [0, 0.05) is 50.1 Å². The number of rotatable bonds is 9. The van der Waals surface area contributed by atoms with Gasteiger partial charge in [-0.05, 0) is 66.8 Å². The third-order valence-corrected chi connectivity index (χ3v) is 7.87. The molecular formula is C31H40FN5O3. The van der Waals surface area contributed by atoms with E-state index in [-0.39, 0.29) is 35.3 Å². The van der Waals surface area contributed by atoms with Gasteiger partial charge in [0.25, 0.3) is 0 Å². The number of hydrogen-bond acceptors (Lipinski definition) is 6. The predicted molar refractivity (Wildman–Crippen MR) is 151 cm³/mol. The molecule has 3 aromatic rings. The Kier molecular flexibility index (Phi) is 7.97. The summed E-state index contributed by atoms with van der Waals surface area (Å²) in [5, 5.41) is 17.8. The van der Waals surface area contributed by atoms with Crippen molar-refractivity contribution in [2.45, 2.75) is 90.0 Å². The summed E-state index contributed by atoms with van der Waals surface area (Å²) in [5.41, 5.74) is 3.27. The summed E-state index contributed by atoms with van der Waals surface area (Å²) in [6, 6.07) is 6.41. The van der Waals surface area contributed by atoms with Crippen molar-refractivity contribution in [3.8, 4) is 11.6 Å². The summed E-state index contributed by atoms with van der Waals surface area (Å²) in [7, 11) is 0. The molecule has 5 rings (SSSR count). The number of carbonyl (C=O) groups is 1. The maximum absolute atomic E-state index is 14.5. The lowest BCUT2D eigenvalue weighted by Gasteiger charge is -2.47. The van der Waals surface area contributed by atoms with Crippen LogP contribution in [-0.2, 0) is 17.6 Å². The number of nitrogens with zero attached hydrogens (tertiary/aromatic N) is 3. The van der Waals surface area contributed by atoms with E-state index in [2.05, 4.69) is 42.5 Å². The van der Waals surface area contributed by atoms with Gasteiger partial charge in [0.15, 0.2) is 0 Å². The van der Waals surface area contributed by atoms with Crippen molar-refractivity contribution in [3.63, 3.8) is 0 Å². The number of benzene rings is 1. The smallest absolute Gasteiger partial charge is 0.218 e. The van der Waals surface area contributed by atoms with Crippen molar-refractivity contribution in [2.24, 2.45) is 5.41 Å². The van der Waals surface area contributed by atoms with Gasteiger partial charge in [0.05, 0.1) is 24.2 Å². The molecule has 8 nitrogen and oxygen atoms in total. The Balaban J connectivity index is 1.33. The van der Waals surface area contributed by atoms with E-state index in [1.54, 1.807) is 29.1 Å². The highest BCUT2D eigenvalue weighted by molar-refractivity contribution is 5.73.